The molecule has 0 saturated heterocycles. The second-order valence-corrected chi connectivity index (χ2v) is 4.68. The van der Waals surface area contributed by atoms with Gasteiger partial charge in [0.15, 0.2) is 0 Å². The fraction of sp³-hybridized carbons (Fsp3) is 0.500. The van der Waals surface area contributed by atoms with Gasteiger partial charge in [0.1, 0.15) is 12.3 Å². The number of alkyl halides is 3. The molecule has 1 amide bonds. The average Bonchev–Trinajstić information content (AvgIpc) is 2.43. The van der Waals surface area contributed by atoms with Crippen molar-refractivity contribution in [3.8, 4) is 5.75 Å². The zero-order valence-corrected chi connectivity index (χ0v) is 12.1. The van der Waals surface area contributed by atoms with Crippen molar-refractivity contribution in [3.05, 3.63) is 29.8 Å². The molecule has 0 heterocycles. The number of para-hydroxylation sites is 1. The smallest absolute Gasteiger partial charge is 0.405 e. The van der Waals surface area contributed by atoms with Crippen LogP contribution in [0, 0.1) is 0 Å². The molecule has 0 aliphatic rings. The molecule has 1 aromatic rings. The number of halogens is 3. The predicted molar refractivity (Wildman–Crippen MR) is 73.1 cm³/mol. The maximum atomic E-state index is 12.1. The molecule has 4 nitrogen and oxygen atoms in total. The van der Waals surface area contributed by atoms with E-state index >= 15 is 0 Å². The predicted octanol–water partition coefficient (Wildman–Crippen LogP) is 2.41. The number of amides is 1. The molecule has 1 aromatic carbocycles. The van der Waals surface area contributed by atoms with Gasteiger partial charge in [-0.3, -0.25) is 10.1 Å². The van der Waals surface area contributed by atoms with Crippen LogP contribution >= 0.6 is 0 Å². The van der Waals surface area contributed by atoms with Crippen LogP contribution in [0.5, 0.6) is 5.75 Å². The summed E-state index contributed by atoms with van der Waals surface area (Å²) in [4.78, 5) is 11.6. The lowest BCUT2D eigenvalue weighted by Crippen LogP contribution is -2.45. The molecule has 21 heavy (non-hydrogen) atoms. The lowest BCUT2D eigenvalue weighted by Gasteiger charge is -2.21. The summed E-state index contributed by atoms with van der Waals surface area (Å²) in [6, 6.07) is 6.25. The van der Waals surface area contributed by atoms with Crippen molar-refractivity contribution in [2.75, 3.05) is 13.7 Å². The summed E-state index contributed by atoms with van der Waals surface area (Å²) >= 11 is 0. The van der Waals surface area contributed by atoms with Crippen LogP contribution in [0.15, 0.2) is 24.3 Å². The maximum absolute atomic E-state index is 12.1. The highest BCUT2D eigenvalue weighted by molar-refractivity contribution is 5.81. The minimum absolute atomic E-state index is 0.243. The fourth-order valence-corrected chi connectivity index (χ4v) is 1.91. The van der Waals surface area contributed by atoms with E-state index in [2.05, 4.69) is 5.32 Å². The highest BCUT2D eigenvalue weighted by Crippen LogP contribution is 2.24. The Bertz CT molecular complexity index is 478. The van der Waals surface area contributed by atoms with Gasteiger partial charge in [-0.25, -0.2) is 0 Å². The lowest BCUT2D eigenvalue weighted by atomic mass is 10.1. The third kappa shape index (κ3) is 5.63. The minimum atomic E-state index is -4.41. The first kappa shape index (κ1) is 17.3. The van der Waals surface area contributed by atoms with Crippen LogP contribution in [0.4, 0.5) is 13.2 Å². The van der Waals surface area contributed by atoms with E-state index in [0.29, 0.717) is 5.75 Å². The number of benzene rings is 1. The molecule has 0 aliphatic carbocycles. The van der Waals surface area contributed by atoms with Gasteiger partial charge < -0.3 is 10.1 Å². The first-order valence-electron chi connectivity index (χ1n) is 6.48. The van der Waals surface area contributed by atoms with Crippen molar-refractivity contribution in [1.82, 2.24) is 10.6 Å². The number of methoxy groups -OCH3 is 1. The Balaban J connectivity index is 2.61. The third-order valence-electron chi connectivity index (χ3n) is 2.96. The van der Waals surface area contributed by atoms with E-state index in [4.69, 9.17) is 4.74 Å². The Hall–Kier alpha value is -1.76. The van der Waals surface area contributed by atoms with Crippen LogP contribution in [0.2, 0.25) is 0 Å². The molecule has 0 fully saturated rings. The van der Waals surface area contributed by atoms with Gasteiger partial charge in [0.2, 0.25) is 5.91 Å². The minimum Gasteiger partial charge on any atom is -0.496 e. The summed E-state index contributed by atoms with van der Waals surface area (Å²) in [5.41, 5.74) is 0.829. The van der Waals surface area contributed by atoms with Crippen molar-refractivity contribution in [3.63, 3.8) is 0 Å². The number of hydrogen-bond donors (Lipinski definition) is 2. The quantitative estimate of drug-likeness (QED) is 0.848. The molecule has 118 valence electrons. The molecular formula is C14H19F3N2O2. The first-order chi connectivity index (χ1) is 9.74. The summed E-state index contributed by atoms with van der Waals surface area (Å²) in [7, 11) is 1.53. The van der Waals surface area contributed by atoms with Crippen LogP contribution in [-0.4, -0.2) is 31.8 Å². The average molecular weight is 304 g/mol. The number of carbonyl (C=O) groups excluding carboxylic acids is 1. The van der Waals surface area contributed by atoms with E-state index in [-0.39, 0.29) is 6.04 Å². The van der Waals surface area contributed by atoms with Gasteiger partial charge in [0, 0.05) is 11.6 Å². The Morgan fingerprint density at radius 3 is 2.48 bits per heavy atom. The monoisotopic (exact) mass is 304 g/mol. The van der Waals surface area contributed by atoms with E-state index in [1.54, 1.807) is 6.07 Å². The molecule has 1 unspecified atom stereocenters. The fourth-order valence-electron chi connectivity index (χ4n) is 1.91. The van der Waals surface area contributed by atoms with E-state index in [0.717, 1.165) is 5.56 Å². The Kier molecular flexibility index (Phi) is 6.02. The van der Waals surface area contributed by atoms with Crippen LogP contribution in [0.1, 0.15) is 25.5 Å². The number of nitrogens with one attached hydrogen (secondary N) is 2. The molecule has 1 rings (SSSR count). The van der Waals surface area contributed by atoms with Crippen LogP contribution in [0.25, 0.3) is 0 Å². The van der Waals surface area contributed by atoms with Crippen LogP contribution < -0.4 is 15.4 Å². The van der Waals surface area contributed by atoms with Gasteiger partial charge in [-0.15, -0.1) is 0 Å². The number of hydrogen-bond acceptors (Lipinski definition) is 3. The summed E-state index contributed by atoms with van der Waals surface area (Å²) in [6.45, 7) is 1.99. The second-order valence-electron chi connectivity index (χ2n) is 4.68. The first-order valence-corrected chi connectivity index (χ1v) is 6.48. The molecule has 0 bridgehead atoms. The molecule has 2 N–H and O–H groups in total. The normalized spacial score (nSPS) is 14.4. The zero-order valence-electron chi connectivity index (χ0n) is 12.1. The highest BCUT2D eigenvalue weighted by atomic mass is 19.4. The van der Waals surface area contributed by atoms with Crippen LogP contribution in [0.3, 0.4) is 0 Å². The summed E-state index contributed by atoms with van der Waals surface area (Å²) in [6.07, 6.45) is -4.41. The SMILES string of the molecule is COc1ccccc1[C@@H](C)NC(C)C(=O)NCC(F)(F)F. The molecule has 0 aliphatic heterocycles. The molecule has 0 saturated carbocycles. The number of rotatable bonds is 6. The van der Waals surface area contributed by atoms with Crippen molar-refractivity contribution >= 4 is 5.91 Å². The third-order valence-corrected chi connectivity index (χ3v) is 2.96. The Morgan fingerprint density at radius 2 is 1.90 bits per heavy atom. The zero-order chi connectivity index (χ0) is 16.0. The summed E-state index contributed by atoms with van der Waals surface area (Å²) < 4.78 is 41.4. The largest absolute Gasteiger partial charge is 0.496 e. The summed E-state index contributed by atoms with van der Waals surface area (Å²) in [5.74, 6) is -0.0468. The van der Waals surface area contributed by atoms with E-state index in [1.165, 1.54) is 14.0 Å². The van der Waals surface area contributed by atoms with E-state index in [9.17, 15) is 18.0 Å². The van der Waals surface area contributed by atoms with Gasteiger partial charge >= 0.3 is 6.18 Å². The highest BCUT2D eigenvalue weighted by Gasteiger charge is 2.29. The van der Waals surface area contributed by atoms with E-state index < -0.39 is 24.7 Å². The standard InChI is InChI=1S/C14H19F3N2O2/c1-9(11-6-4-5-7-12(11)21-3)19-10(2)13(20)18-8-14(15,16)17/h4-7,9-10,19H,8H2,1-3H3,(H,18,20)/t9-,10?/m1/s1. The molecule has 7 heteroatoms. The second kappa shape index (κ2) is 7.31. The maximum Gasteiger partial charge on any atom is 0.405 e. The molecule has 2 atom stereocenters. The van der Waals surface area contributed by atoms with E-state index in [1.807, 2.05) is 30.4 Å². The molecule has 0 aromatic heterocycles. The number of carbonyl (C=O) groups is 1. The van der Waals surface area contributed by atoms with Crippen molar-refractivity contribution in [1.29, 1.82) is 0 Å². The summed E-state index contributed by atoms with van der Waals surface area (Å²) in [5, 5.41) is 4.80. The lowest BCUT2D eigenvalue weighted by molar-refractivity contribution is -0.139. The molecular weight excluding hydrogens is 285 g/mol. The molecule has 0 radical (unpaired) electrons. The van der Waals surface area contributed by atoms with Crippen LogP contribution in [-0.2, 0) is 4.79 Å². The van der Waals surface area contributed by atoms with Gasteiger partial charge in [0.05, 0.1) is 13.2 Å². The number of ether oxygens (including phenoxy) is 1. The van der Waals surface area contributed by atoms with Crippen molar-refractivity contribution in [2.24, 2.45) is 0 Å². The topological polar surface area (TPSA) is 50.4 Å². The molecule has 0 spiro atoms. The van der Waals surface area contributed by atoms with Gasteiger partial charge in [0.25, 0.3) is 0 Å². The Morgan fingerprint density at radius 1 is 1.29 bits per heavy atom. The Labute approximate surface area is 121 Å². The van der Waals surface area contributed by atoms with Gasteiger partial charge in [-0.2, -0.15) is 13.2 Å². The van der Waals surface area contributed by atoms with Gasteiger partial charge in [-0.1, -0.05) is 18.2 Å². The van der Waals surface area contributed by atoms with Crippen molar-refractivity contribution < 1.29 is 22.7 Å². The van der Waals surface area contributed by atoms with Gasteiger partial charge in [-0.05, 0) is 19.9 Å². The van der Waals surface area contributed by atoms with Crippen molar-refractivity contribution in [2.45, 2.75) is 32.1 Å².